The summed E-state index contributed by atoms with van der Waals surface area (Å²) in [7, 11) is 0. The van der Waals surface area contributed by atoms with Crippen LogP contribution in [-0.2, 0) is 23.9 Å². The zero-order valence-corrected chi connectivity index (χ0v) is 30.5. The van der Waals surface area contributed by atoms with Gasteiger partial charge in [-0.1, -0.05) is 60.7 Å². The van der Waals surface area contributed by atoms with E-state index >= 15 is 0 Å². The molecule has 0 unspecified atom stereocenters. The number of aliphatic carboxylic acids is 1. The van der Waals surface area contributed by atoms with Gasteiger partial charge in [0.2, 0.25) is 0 Å². The molecule has 5 rings (SSSR count). The highest BCUT2D eigenvalue weighted by atomic mass is 35.5. The average Bonchev–Trinajstić information content (AvgIpc) is 3.60. The Balaban J connectivity index is 1.22. The van der Waals surface area contributed by atoms with Gasteiger partial charge in [-0.25, -0.2) is 10.1 Å². The number of carbonyl (C=O) groups excluding carboxylic acids is 2. The van der Waals surface area contributed by atoms with E-state index in [0.29, 0.717) is 18.5 Å². The molecule has 11 nitrogen and oxygen atoms in total. The second-order valence-corrected chi connectivity index (χ2v) is 13.7. The maximum absolute atomic E-state index is 13.5. The number of rotatable bonds is 17. The highest BCUT2D eigenvalue weighted by molar-refractivity contribution is 6.31. The van der Waals surface area contributed by atoms with Crippen LogP contribution in [0.4, 0.5) is 24.5 Å². The van der Waals surface area contributed by atoms with Gasteiger partial charge in [0.15, 0.2) is 0 Å². The van der Waals surface area contributed by atoms with Gasteiger partial charge in [0.25, 0.3) is 11.8 Å². The first-order valence-corrected chi connectivity index (χ1v) is 18.4. The number of unbranched alkanes of at least 4 members (excludes halogenated alkanes) is 5. The number of aryl methyl sites for hydroxylation is 1. The number of benzene rings is 3. The second-order valence-electron chi connectivity index (χ2n) is 13.3. The van der Waals surface area contributed by atoms with E-state index < -0.39 is 34.5 Å². The fourth-order valence-corrected chi connectivity index (χ4v) is 6.48. The SMILES string of the molecule is O=C(O)CCCCCCCCc1cn(Cc2cccc(C(=O)Nc3ccc(N4CCCCC4)cc3C(=O)N/N=C\c3ccc(Cl)c(C(F)(F)F)c3)c2)nn1. The van der Waals surface area contributed by atoms with Gasteiger partial charge in [0.05, 0.1) is 40.3 Å². The van der Waals surface area contributed by atoms with Crippen LogP contribution in [0.3, 0.4) is 0 Å². The van der Waals surface area contributed by atoms with Gasteiger partial charge in [-0.15, -0.1) is 5.10 Å². The molecule has 0 radical (unpaired) electrons. The summed E-state index contributed by atoms with van der Waals surface area (Å²) in [6, 6.07) is 15.5. The molecule has 2 heterocycles. The number of nitrogens with zero attached hydrogens (tertiary/aromatic N) is 5. The third-order valence-electron chi connectivity index (χ3n) is 9.09. The molecule has 1 aliphatic rings. The Labute approximate surface area is 316 Å². The molecule has 3 N–H and O–H groups in total. The van der Waals surface area contributed by atoms with E-state index in [1.165, 1.54) is 6.07 Å². The van der Waals surface area contributed by atoms with Crippen LogP contribution >= 0.6 is 11.6 Å². The van der Waals surface area contributed by atoms with Crippen LogP contribution in [0, 0.1) is 0 Å². The molecule has 4 aromatic rings. The van der Waals surface area contributed by atoms with Gasteiger partial charge < -0.3 is 15.3 Å². The normalized spacial score (nSPS) is 13.3. The Bertz CT molecular complexity index is 1940. The summed E-state index contributed by atoms with van der Waals surface area (Å²) in [5.41, 5.74) is 4.70. The van der Waals surface area contributed by atoms with E-state index in [9.17, 15) is 27.6 Å². The van der Waals surface area contributed by atoms with Crippen molar-refractivity contribution in [2.45, 2.75) is 83.4 Å². The number of halogens is 4. The largest absolute Gasteiger partial charge is 0.481 e. The quantitative estimate of drug-likeness (QED) is 0.0557. The lowest BCUT2D eigenvalue weighted by Crippen LogP contribution is -2.30. The summed E-state index contributed by atoms with van der Waals surface area (Å²) in [4.78, 5) is 39.8. The number of nitrogens with one attached hydrogen (secondary N) is 2. The minimum absolute atomic E-state index is 0.0860. The average molecular weight is 766 g/mol. The Morgan fingerprint density at radius 3 is 2.43 bits per heavy atom. The number of anilines is 2. The summed E-state index contributed by atoms with van der Waals surface area (Å²) < 4.78 is 41.7. The maximum Gasteiger partial charge on any atom is 0.417 e. The minimum atomic E-state index is -4.65. The molecule has 1 fully saturated rings. The molecule has 3 aromatic carbocycles. The first kappa shape index (κ1) is 40.0. The predicted octanol–water partition coefficient (Wildman–Crippen LogP) is 8.36. The van der Waals surface area contributed by atoms with Crippen molar-refractivity contribution in [2.75, 3.05) is 23.3 Å². The molecule has 0 aliphatic carbocycles. The maximum atomic E-state index is 13.5. The lowest BCUT2D eigenvalue weighted by atomic mass is 10.1. The number of carboxylic acid groups (broad SMARTS) is 1. The highest BCUT2D eigenvalue weighted by Gasteiger charge is 2.33. The highest BCUT2D eigenvalue weighted by Crippen LogP contribution is 2.35. The summed E-state index contributed by atoms with van der Waals surface area (Å²) in [6.07, 6.45) is 8.15. The number of carboxylic acids is 1. The number of alkyl halides is 3. The number of hydrazone groups is 1. The lowest BCUT2D eigenvalue weighted by Gasteiger charge is -2.29. The third-order valence-corrected chi connectivity index (χ3v) is 9.42. The molecule has 1 aliphatic heterocycles. The fourth-order valence-electron chi connectivity index (χ4n) is 6.26. The topological polar surface area (TPSA) is 142 Å². The van der Waals surface area contributed by atoms with Crippen LogP contribution in [0.2, 0.25) is 5.02 Å². The van der Waals surface area contributed by atoms with Gasteiger partial charge in [0.1, 0.15) is 0 Å². The molecular formula is C39H43ClF3N7O4. The van der Waals surface area contributed by atoms with Crippen molar-refractivity contribution in [3.63, 3.8) is 0 Å². The molecule has 0 spiro atoms. The summed E-state index contributed by atoms with van der Waals surface area (Å²) >= 11 is 5.72. The first-order valence-electron chi connectivity index (χ1n) is 18.1. The summed E-state index contributed by atoms with van der Waals surface area (Å²) in [5, 5.41) is 23.6. The van der Waals surface area contributed by atoms with Crippen molar-refractivity contribution in [1.82, 2.24) is 20.4 Å². The molecule has 1 aromatic heterocycles. The number of carbonyl (C=O) groups is 3. The van der Waals surface area contributed by atoms with Gasteiger partial charge in [-0.3, -0.25) is 14.4 Å². The van der Waals surface area contributed by atoms with Crippen LogP contribution in [0.25, 0.3) is 0 Å². The van der Waals surface area contributed by atoms with Crippen LogP contribution in [0.15, 0.2) is 72.0 Å². The number of aromatic nitrogens is 3. The molecule has 0 bridgehead atoms. The lowest BCUT2D eigenvalue weighted by molar-refractivity contribution is -0.138. The first-order chi connectivity index (χ1) is 26.0. The van der Waals surface area contributed by atoms with E-state index in [0.717, 1.165) is 106 Å². The van der Waals surface area contributed by atoms with Crippen molar-refractivity contribution in [1.29, 1.82) is 0 Å². The fraction of sp³-hybridized carbons (Fsp3) is 0.385. The second kappa shape index (κ2) is 19.2. The number of hydrogen-bond acceptors (Lipinski definition) is 7. The van der Waals surface area contributed by atoms with E-state index in [1.54, 1.807) is 35.0 Å². The van der Waals surface area contributed by atoms with Crippen molar-refractivity contribution in [3.05, 3.63) is 105 Å². The van der Waals surface area contributed by atoms with Crippen LogP contribution in [-0.4, -0.2) is 57.2 Å². The predicted molar refractivity (Wildman–Crippen MR) is 201 cm³/mol. The zero-order chi connectivity index (χ0) is 38.5. The van der Waals surface area contributed by atoms with Crippen molar-refractivity contribution >= 4 is 47.0 Å². The van der Waals surface area contributed by atoms with Crippen molar-refractivity contribution in [3.8, 4) is 0 Å². The summed E-state index contributed by atoms with van der Waals surface area (Å²) in [6.45, 7) is 2.04. The molecular weight excluding hydrogens is 723 g/mol. The molecule has 0 atom stereocenters. The van der Waals surface area contributed by atoms with Crippen LogP contribution in [0.5, 0.6) is 0 Å². The Kier molecular flexibility index (Phi) is 14.2. The molecule has 54 heavy (non-hydrogen) atoms. The van der Waals surface area contributed by atoms with E-state index in [2.05, 4.69) is 31.1 Å². The van der Waals surface area contributed by atoms with E-state index in [4.69, 9.17) is 16.7 Å². The molecule has 1 saturated heterocycles. The smallest absolute Gasteiger partial charge is 0.417 e. The number of amides is 2. The Morgan fingerprint density at radius 1 is 0.907 bits per heavy atom. The molecule has 2 amide bonds. The summed E-state index contributed by atoms with van der Waals surface area (Å²) in [5.74, 6) is -1.85. The monoisotopic (exact) mass is 765 g/mol. The Hall–Kier alpha value is -5.24. The molecule has 0 saturated carbocycles. The zero-order valence-electron chi connectivity index (χ0n) is 29.7. The van der Waals surface area contributed by atoms with Gasteiger partial charge >= 0.3 is 12.1 Å². The van der Waals surface area contributed by atoms with E-state index in [-0.39, 0.29) is 23.2 Å². The third kappa shape index (κ3) is 11.9. The van der Waals surface area contributed by atoms with E-state index in [1.807, 2.05) is 18.3 Å². The Morgan fingerprint density at radius 2 is 1.67 bits per heavy atom. The van der Waals surface area contributed by atoms with Crippen molar-refractivity contribution in [2.24, 2.45) is 5.10 Å². The number of piperidine rings is 1. The standard InChI is InChI=1S/C39H43ClF3N7O4/c40-34-17-15-27(22-33(34)39(41,42)43)24-44-47-38(54)32-23-31(49-19-8-5-9-20-49)16-18-35(32)45-37(53)29-12-10-11-28(21-29)25-50-26-30(46-48-50)13-6-3-1-2-4-7-14-36(51)52/h10-12,15-18,21-24,26H,1-9,13-14,19-20,25H2,(H,45,53)(H,47,54)(H,51,52)/b44-24-. The number of hydrogen-bond donors (Lipinski definition) is 3. The minimum Gasteiger partial charge on any atom is -0.481 e. The van der Waals surface area contributed by atoms with Crippen LogP contribution in [0.1, 0.15) is 107 Å². The van der Waals surface area contributed by atoms with Gasteiger partial charge in [-0.05, 0) is 92.1 Å². The van der Waals surface area contributed by atoms with Crippen LogP contribution < -0.4 is 15.6 Å². The van der Waals surface area contributed by atoms with Crippen molar-refractivity contribution < 1.29 is 32.7 Å². The molecule has 15 heteroatoms. The van der Waals surface area contributed by atoms with Gasteiger partial charge in [0, 0.05) is 37.0 Å². The molecule has 286 valence electrons. The van der Waals surface area contributed by atoms with Gasteiger partial charge in [-0.2, -0.15) is 18.3 Å².